The monoisotopic (exact) mass is 295 g/mol. The van der Waals surface area contributed by atoms with Gasteiger partial charge in [0.25, 0.3) is 0 Å². The molecule has 1 aliphatic carbocycles. The van der Waals surface area contributed by atoms with Crippen LogP contribution in [0.2, 0.25) is 0 Å². The van der Waals surface area contributed by atoms with Crippen LogP contribution in [-0.4, -0.2) is 6.61 Å². The number of hydrogen-bond donors (Lipinski definition) is 0. The zero-order valence-electron chi connectivity index (χ0n) is 13.5. The molecule has 0 aromatic heterocycles. The van der Waals surface area contributed by atoms with E-state index in [0.29, 0.717) is 5.92 Å². The Morgan fingerprint density at radius 2 is 1.86 bits per heavy atom. The van der Waals surface area contributed by atoms with Crippen molar-refractivity contribution in [3.05, 3.63) is 29.8 Å². The molecule has 2 heteroatoms. The largest absolute Gasteiger partial charge is 0.494 e. The summed E-state index contributed by atoms with van der Waals surface area (Å²) in [7, 11) is 0. The molecule has 0 atom stereocenters. The van der Waals surface area contributed by atoms with Crippen LogP contribution < -0.4 is 4.74 Å². The number of benzene rings is 1. The molecule has 0 heterocycles. The minimum Gasteiger partial charge on any atom is -0.494 e. The van der Waals surface area contributed by atoms with E-state index in [2.05, 4.69) is 43.0 Å². The molecular formula is C20H25NO. The predicted molar refractivity (Wildman–Crippen MR) is 89.4 cm³/mol. The second-order valence-electron chi connectivity index (χ2n) is 6.13. The van der Waals surface area contributed by atoms with Crippen LogP contribution in [0.3, 0.4) is 0 Å². The third-order valence-electron chi connectivity index (χ3n) is 4.42. The highest BCUT2D eigenvalue weighted by Crippen LogP contribution is 2.31. The average molecular weight is 295 g/mol. The molecule has 116 valence electrons. The summed E-state index contributed by atoms with van der Waals surface area (Å²) in [5.41, 5.74) is 1.40. The molecule has 22 heavy (non-hydrogen) atoms. The van der Waals surface area contributed by atoms with E-state index in [0.717, 1.165) is 44.0 Å². The first-order valence-electron chi connectivity index (χ1n) is 8.43. The Labute approximate surface area is 134 Å². The summed E-state index contributed by atoms with van der Waals surface area (Å²) >= 11 is 0. The lowest BCUT2D eigenvalue weighted by molar-refractivity contribution is 0.301. The predicted octanol–water partition coefficient (Wildman–Crippen LogP) is 4.74. The summed E-state index contributed by atoms with van der Waals surface area (Å²) < 4.78 is 5.61. The van der Waals surface area contributed by atoms with Crippen LogP contribution in [0, 0.1) is 35.0 Å². The Bertz CT molecular complexity index is 536. The number of ether oxygens (including phenoxy) is 1. The molecule has 0 N–H and O–H groups in total. The summed E-state index contributed by atoms with van der Waals surface area (Å²) in [6, 6.07) is 10.5. The molecule has 1 fully saturated rings. The van der Waals surface area contributed by atoms with Gasteiger partial charge in [-0.3, -0.25) is 0 Å². The molecule has 1 aromatic rings. The lowest BCUT2D eigenvalue weighted by atomic mass is 9.80. The molecular weight excluding hydrogens is 270 g/mol. The highest BCUT2D eigenvalue weighted by atomic mass is 16.5. The highest BCUT2D eigenvalue weighted by Gasteiger charge is 2.19. The van der Waals surface area contributed by atoms with Gasteiger partial charge in [0.05, 0.1) is 6.61 Å². The van der Waals surface area contributed by atoms with Crippen LogP contribution in [0.4, 0.5) is 0 Å². The molecule has 1 aromatic carbocycles. The van der Waals surface area contributed by atoms with Gasteiger partial charge in [-0.05, 0) is 68.6 Å². The summed E-state index contributed by atoms with van der Waals surface area (Å²) in [4.78, 5) is 0. The van der Waals surface area contributed by atoms with Gasteiger partial charge >= 0.3 is 0 Å². The molecule has 2 rings (SSSR count). The van der Waals surface area contributed by atoms with Crippen LogP contribution >= 0.6 is 0 Å². The van der Waals surface area contributed by atoms with E-state index in [1.807, 2.05) is 6.07 Å². The summed E-state index contributed by atoms with van der Waals surface area (Å²) in [5.74, 6) is 7.86. The van der Waals surface area contributed by atoms with E-state index in [1.165, 1.54) is 24.8 Å². The first-order chi connectivity index (χ1) is 10.8. The fraction of sp³-hybridized carbons (Fsp3) is 0.550. The van der Waals surface area contributed by atoms with Gasteiger partial charge in [-0.25, -0.2) is 0 Å². The molecule has 0 bridgehead atoms. The Kier molecular flexibility index (Phi) is 6.85. The van der Waals surface area contributed by atoms with Gasteiger partial charge in [0.15, 0.2) is 6.07 Å². The minimum atomic E-state index is 0.450. The maximum absolute atomic E-state index is 8.49. The number of nitriles is 1. The number of hydrogen-bond acceptors (Lipinski definition) is 2. The van der Waals surface area contributed by atoms with E-state index in [-0.39, 0.29) is 0 Å². The van der Waals surface area contributed by atoms with Crippen LogP contribution in [0.5, 0.6) is 5.75 Å². The number of nitrogens with zero attached hydrogens (tertiary/aromatic N) is 1. The van der Waals surface area contributed by atoms with Crippen LogP contribution in [0.1, 0.15) is 51.0 Å². The van der Waals surface area contributed by atoms with Crippen molar-refractivity contribution in [3.8, 4) is 23.7 Å². The summed E-state index contributed by atoms with van der Waals surface area (Å²) in [5, 5.41) is 8.49. The topological polar surface area (TPSA) is 33.0 Å². The van der Waals surface area contributed by atoms with E-state index in [9.17, 15) is 0 Å². The van der Waals surface area contributed by atoms with Crippen molar-refractivity contribution in [3.63, 3.8) is 0 Å². The van der Waals surface area contributed by atoms with E-state index in [4.69, 9.17) is 10.00 Å². The Hall–Kier alpha value is -1.93. The molecule has 2 nitrogen and oxygen atoms in total. The van der Waals surface area contributed by atoms with Crippen molar-refractivity contribution in [2.24, 2.45) is 11.8 Å². The molecule has 0 radical (unpaired) electrons. The lowest BCUT2D eigenvalue weighted by Gasteiger charge is -2.25. The third kappa shape index (κ3) is 5.45. The second kappa shape index (κ2) is 9.16. The fourth-order valence-electron chi connectivity index (χ4n) is 3.07. The van der Waals surface area contributed by atoms with Crippen molar-refractivity contribution in [2.45, 2.75) is 51.9 Å². The average Bonchev–Trinajstić information content (AvgIpc) is 2.58. The van der Waals surface area contributed by atoms with Crippen molar-refractivity contribution in [2.75, 3.05) is 6.61 Å². The van der Waals surface area contributed by atoms with Gasteiger partial charge in [0.1, 0.15) is 5.75 Å². The molecule has 0 aliphatic heterocycles. The maximum Gasteiger partial charge on any atom is 0.152 e. The molecule has 1 saturated carbocycles. The summed E-state index contributed by atoms with van der Waals surface area (Å²) in [6.45, 7) is 2.91. The van der Waals surface area contributed by atoms with Gasteiger partial charge in [0, 0.05) is 11.8 Å². The van der Waals surface area contributed by atoms with E-state index < -0.39 is 0 Å². The Morgan fingerprint density at radius 3 is 2.50 bits per heavy atom. The van der Waals surface area contributed by atoms with Gasteiger partial charge in [-0.2, -0.15) is 5.26 Å². The zero-order chi connectivity index (χ0) is 15.6. The molecule has 0 spiro atoms. The van der Waals surface area contributed by atoms with Crippen LogP contribution in [-0.2, 0) is 6.42 Å². The van der Waals surface area contributed by atoms with E-state index >= 15 is 0 Å². The Balaban J connectivity index is 1.71. The first kappa shape index (κ1) is 16.4. The number of rotatable bonds is 6. The van der Waals surface area contributed by atoms with Gasteiger partial charge in [-0.1, -0.05) is 25.0 Å². The van der Waals surface area contributed by atoms with Gasteiger partial charge < -0.3 is 4.74 Å². The van der Waals surface area contributed by atoms with Crippen molar-refractivity contribution in [1.29, 1.82) is 5.26 Å². The summed E-state index contributed by atoms with van der Waals surface area (Å²) in [6.07, 6.45) is 8.27. The molecule has 0 saturated heterocycles. The van der Waals surface area contributed by atoms with Crippen molar-refractivity contribution >= 4 is 0 Å². The van der Waals surface area contributed by atoms with E-state index in [1.54, 1.807) is 0 Å². The van der Waals surface area contributed by atoms with Crippen molar-refractivity contribution < 1.29 is 4.74 Å². The maximum atomic E-state index is 8.49. The quantitative estimate of drug-likeness (QED) is 0.710. The lowest BCUT2D eigenvalue weighted by Crippen LogP contribution is -2.14. The van der Waals surface area contributed by atoms with Crippen LogP contribution in [0.15, 0.2) is 24.3 Å². The molecule has 0 amide bonds. The second-order valence-corrected chi connectivity index (χ2v) is 6.13. The fourth-order valence-corrected chi connectivity index (χ4v) is 3.07. The van der Waals surface area contributed by atoms with Gasteiger partial charge in [-0.15, -0.1) is 0 Å². The molecule has 0 unspecified atom stereocenters. The van der Waals surface area contributed by atoms with Gasteiger partial charge in [0.2, 0.25) is 0 Å². The Morgan fingerprint density at radius 1 is 1.14 bits per heavy atom. The first-order valence-corrected chi connectivity index (χ1v) is 8.43. The number of aryl methyl sites for hydroxylation is 1. The highest BCUT2D eigenvalue weighted by molar-refractivity contribution is 5.27. The normalized spacial score (nSPS) is 20.5. The van der Waals surface area contributed by atoms with Crippen molar-refractivity contribution in [1.82, 2.24) is 0 Å². The molecule has 1 aliphatic rings. The smallest absolute Gasteiger partial charge is 0.152 e. The SMILES string of the molecule is CCCOc1ccc(CCC2CCC(C#CC#N)CC2)cc1. The standard InChI is InChI=1S/C20H25NO/c1-2-16-22-20-13-11-19(12-14-20)10-9-18-7-5-17(6-8-18)4-3-15-21/h11-14,17-18H,2,5-10,16H2,1H3. The zero-order valence-corrected chi connectivity index (χ0v) is 13.5. The minimum absolute atomic E-state index is 0.450. The third-order valence-corrected chi connectivity index (χ3v) is 4.42. The van der Waals surface area contributed by atoms with Crippen LogP contribution in [0.25, 0.3) is 0 Å².